The topological polar surface area (TPSA) is 116 Å². The SMILES string of the molecule is CCOC(=O)c1cnn2c(-c3cccc(NC(=O)c4cc5ncccn5n4)c3)ccnc12. The first-order valence-electron chi connectivity index (χ1n) is 9.86. The van der Waals surface area contributed by atoms with Crippen LogP contribution in [0.4, 0.5) is 5.69 Å². The second kappa shape index (κ2) is 7.91. The number of nitrogens with one attached hydrogen (secondary N) is 1. The molecule has 1 aromatic carbocycles. The Bertz CT molecular complexity index is 1440. The van der Waals surface area contributed by atoms with Crippen molar-refractivity contribution in [3.05, 3.63) is 78.5 Å². The van der Waals surface area contributed by atoms with Crippen molar-refractivity contribution >= 4 is 28.9 Å². The van der Waals surface area contributed by atoms with Crippen molar-refractivity contribution in [3.8, 4) is 11.3 Å². The number of carbonyl (C=O) groups is 2. The second-order valence-electron chi connectivity index (χ2n) is 6.83. The van der Waals surface area contributed by atoms with E-state index in [4.69, 9.17) is 4.74 Å². The smallest absolute Gasteiger partial charge is 0.343 e. The molecule has 1 amide bonds. The van der Waals surface area contributed by atoms with E-state index in [1.165, 1.54) is 10.7 Å². The van der Waals surface area contributed by atoms with Gasteiger partial charge in [-0.25, -0.2) is 23.8 Å². The molecular formula is C22H17N7O3. The van der Waals surface area contributed by atoms with Crippen LogP contribution in [0.1, 0.15) is 27.8 Å². The van der Waals surface area contributed by atoms with Gasteiger partial charge in [0.2, 0.25) is 0 Å². The van der Waals surface area contributed by atoms with E-state index in [0.717, 1.165) is 5.56 Å². The summed E-state index contributed by atoms with van der Waals surface area (Å²) >= 11 is 0. The van der Waals surface area contributed by atoms with E-state index >= 15 is 0 Å². The fourth-order valence-electron chi connectivity index (χ4n) is 3.36. The fraction of sp³-hybridized carbons (Fsp3) is 0.0909. The van der Waals surface area contributed by atoms with Crippen molar-refractivity contribution in [1.29, 1.82) is 0 Å². The van der Waals surface area contributed by atoms with Crippen LogP contribution in [-0.2, 0) is 4.74 Å². The molecule has 5 rings (SSSR count). The first-order valence-corrected chi connectivity index (χ1v) is 9.86. The van der Waals surface area contributed by atoms with Gasteiger partial charge in [0.05, 0.1) is 18.5 Å². The van der Waals surface area contributed by atoms with Crippen molar-refractivity contribution in [1.82, 2.24) is 29.2 Å². The van der Waals surface area contributed by atoms with Gasteiger partial charge in [-0.2, -0.15) is 10.2 Å². The molecule has 0 aliphatic carbocycles. The summed E-state index contributed by atoms with van der Waals surface area (Å²) < 4.78 is 8.18. The summed E-state index contributed by atoms with van der Waals surface area (Å²) in [7, 11) is 0. The molecule has 0 fully saturated rings. The van der Waals surface area contributed by atoms with Crippen LogP contribution in [0.2, 0.25) is 0 Å². The van der Waals surface area contributed by atoms with E-state index in [9.17, 15) is 9.59 Å². The van der Waals surface area contributed by atoms with E-state index in [-0.39, 0.29) is 18.2 Å². The number of rotatable bonds is 5. The highest BCUT2D eigenvalue weighted by molar-refractivity contribution is 6.03. The van der Waals surface area contributed by atoms with Crippen LogP contribution >= 0.6 is 0 Å². The van der Waals surface area contributed by atoms with Gasteiger partial charge < -0.3 is 10.1 Å². The third kappa shape index (κ3) is 3.43. The van der Waals surface area contributed by atoms with Gasteiger partial charge in [-0.05, 0) is 31.2 Å². The van der Waals surface area contributed by atoms with Gasteiger partial charge in [-0.1, -0.05) is 12.1 Å². The van der Waals surface area contributed by atoms with Crippen LogP contribution in [0.15, 0.2) is 67.3 Å². The molecule has 0 unspecified atom stereocenters. The molecule has 0 radical (unpaired) electrons. The van der Waals surface area contributed by atoms with Crippen LogP contribution in [0, 0.1) is 0 Å². The molecule has 0 saturated heterocycles. The number of anilines is 1. The van der Waals surface area contributed by atoms with Gasteiger partial charge in [-0.3, -0.25) is 4.79 Å². The molecule has 1 N–H and O–H groups in total. The lowest BCUT2D eigenvalue weighted by Crippen LogP contribution is -2.12. The minimum atomic E-state index is -0.477. The number of hydrogen-bond acceptors (Lipinski definition) is 7. The second-order valence-corrected chi connectivity index (χ2v) is 6.83. The zero-order valence-electron chi connectivity index (χ0n) is 17.0. The Morgan fingerprint density at radius 2 is 2.00 bits per heavy atom. The minimum Gasteiger partial charge on any atom is -0.462 e. The molecule has 4 aromatic heterocycles. The van der Waals surface area contributed by atoms with Crippen molar-refractivity contribution in [2.24, 2.45) is 0 Å². The normalized spacial score (nSPS) is 11.0. The third-order valence-corrected chi connectivity index (χ3v) is 4.78. The van der Waals surface area contributed by atoms with Crippen LogP contribution < -0.4 is 5.32 Å². The van der Waals surface area contributed by atoms with Crippen molar-refractivity contribution in [3.63, 3.8) is 0 Å². The highest BCUT2D eigenvalue weighted by Gasteiger charge is 2.17. The van der Waals surface area contributed by atoms with Crippen LogP contribution in [0.5, 0.6) is 0 Å². The number of fused-ring (bicyclic) bond motifs is 2. The molecule has 0 saturated carbocycles. The summed E-state index contributed by atoms with van der Waals surface area (Å²) in [5.74, 6) is -0.827. The van der Waals surface area contributed by atoms with Crippen LogP contribution in [0.25, 0.3) is 22.6 Å². The van der Waals surface area contributed by atoms with Gasteiger partial charge in [0.25, 0.3) is 5.91 Å². The van der Waals surface area contributed by atoms with Gasteiger partial charge in [-0.15, -0.1) is 0 Å². The van der Waals surface area contributed by atoms with Crippen LogP contribution in [0.3, 0.4) is 0 Å². The minimum absolute atomic E-state index is 0.256. The summed E-state index contributed by atoms with van der Waals surface area (Å²) in [5.41, 5.74) is 3.60. The number of hydrogen-bond donors (Lipinski definition) is 1. The number of ether oxygens (including phenoxy) is 1. The predicted molar refractivity (Wildman–Crippen MR) is 115 cm³/mol. The zero-order chi connectivity index (χ0) is 22.1. The van der Waals surface area contributed by atoms with E-state index in [0.29, 0.717) is 28.2 Å². The standard InChI is InChI=1S/C22H17N7O3/c1-2-32-22(31)16-13-25-29-18(7-9-24-20(16)29)14-5-3-6-15(11-14)26-21(30)17-12-19-23-8-4-10-28(19)27-17/h3-13H,2H2,1H3,(H,26,30). The summed E-state index contributed by atoms with van der Waals surface area (Å²) in [6, 6.07) is 12.4. The lowest BCUT2D eigenvalue weighted by Gasteiger charge is -2.08. The van der Waals surface area contributed by atoms with Gasteiger partial charge in [0.15, 0.2) is 17.0 Å². The first-order chi connectivity index (χ1) is 15.6. The summed E-state index contributed by atoms with van der Waals surface area (Å²) in [5, 5.41) is 11.4. The molecule has 10 nitrogen and oxygen atoms in total. The molecule has 158 valence electrons. The highest BCUT2D eigenvalue weighted by atomic mass is 16.5. The molecule has 0 aliphatic rings. The number of aromatic nitrogens is 6. The molecule has 32 heavy (non-hydrogen) atoms. The van der Waals surface area contributed by atoms with Gasteiger partial charge in [0, 0.05) is 35.9 Å². The molecule has 0 aliphatic heterocycles. The Kier molecular flexibility index (Phi) is 4.79. The Balaban J connectivity index is 1.46. The zero-order valence-corrected chi connectivity index (χ0v) is 17.0. The predicted octanol–water partition coefficient (Wildman–Crippen LogP) is 2.87. The maximum atomic E-state index is 12.7. The monoisotopic (exact) mass is 427 g/mol. The maximum absolute atomic E-state index is 12.7. The van der Waals surface area contributed by atoms with E-state index in [1.54, 1.807) is 54.3 Å². The Labute approximate surface area is 181 Å². The van der Waals surface area contributed by atoms with Crippen molar-refractivity contribution < 1.29 is 14.3 Å². The third-order valence-electron chi connectivity index (χ3n) is 4.78. The lowest BCUT2D eigenvalue weighted by molar-refractivity contribution is 0.0528. The van der Waals surface area contributed by atoms with E-state index in [2.05, 4.69) is 25.5 Å². The Hall–Kier alpha value is -4.60. The molecule has 4 heterocycles. The molecule has 0 atom stereocenters. The van der Waals surface area contributed by atoms with Crippen molar-refractivity contribution in [2.45, 2.75) is 6.92 Å². The van der Waals surface area contributed by atoms with Crippen molar-refractivity contribution in [2.75, 3.05) is 11.9 Å². The number of benzene rings is 1. The fourth-order valence-corrected chi connectivity index (χ4v) is 3.36. The van der Waals surface area contributed by atoms with E-state index < -0.39 is 5.97 Å². The molecule has 0 bridgehead atoms. The average molecular weight is 427 g/mol. The molecule has 10 heteroatoms. The maximum Gasteiger partial charge on any atom is 0.343 e. The van der Waals surface area contributed by atoms with Gasteiger partial charge in [0.1, 0.15) is 5.56 Å². The summed E-state index contributed by atoms with van der Waals surface area (Å²) in [6.07, 6.45) is 6.40. The van der Waals surface area contributed by atoms with E-state index in [1.807, 2.05) is 18.2 Å². The first kappa shape index (κ1) is 19.4. The highest BCUT2D eigenvalue weighted by Crippen LogP contribution is 2.24. The van der Waals surface area contributed by atoms with Gasteiger partial charge >= 0.3 is 5.97 Å². The quantitative estimate of drug-likeness (QED) is 0.429. The Morgan fingerprint density at radius 3 is 2.84 bits per heavy atom. The number of carbonyl (C=O) groups excluding carboxylic acids is 2. The molecule has 0 spiro atoms. The Morgan fingerprint density at radius 1 is 1.09 bits per heavy atom. The number of nitrogens with zero attached hydrogens (tertiary/aromatic N) is 6. The average Bonchev–Trinajstić information content (AvgIpc) is 3.44. The summed E-state index contributed by atoms with van der Waals surface area (Å²) in [4.78, 5) is 33.3. The van der Waals surface area contributed by atoms with Crippen LogP contribution in [-0.4, -0.2) is 47.7 Å². The largest absolute Gasteiger partial charge is 0.462 e. The summed E-state index contributed by atoms with van der Waals surface area (Å²) in [6.45, 7) is 2.00. The molecule has 5 aromatic rings. The number of esters is 1. The molecular weight excluding hydrogens is 410 g/mol. The number of amides is 1. The lowest BCUT2D eigenvalue weighted by atomic mass is 10.1.